The van der Waals surface area contributed by atoms with Crippen LogP contribution < -0.4 is 16.0 Å². The molecule has 0 saturated carbocycles. The van der Waals surface area contributed by atoms with E-state index in [2.05, 4.69) is 20.9 Å². The molecule has 0 aliphatic heterocycles. The number of methoxy groups -OCH3 is 1. The van der Waals surface area contributed by atoms with Gasteiger partial charge in [0.1, 0.15) is 0 Å². The van der Waals surface area contributed by atoms with Crippen molar-refractivity contribution in [3.05, 3.63) is 35.4 Å². The monoisotopic (exact) mass is 476 g/mol. The number of rotatable bonds is 9. The van der Waals surface area contributed by atoms with Crippen LogP contribution in [-0.4, -0.2) is 44.2 Å². The number of ether oxygens (including phenoxy) is 1. The molecule has 0 atom stereocenters. The number of hydrogen-bond donors (Lipinski definition) is 3. The first-order valence-electron chi connectivity index (χ1n) is 8.86. The fourth-order valence-corrected chi connectivity index (χ4v) is 2.03. The van der Waals surface area contributed by atoms with Crippen LogP contribution in [0.15, 0.2) is 29.3 Å². The van der Waals surface area contributed by atoms with Crippen LogP contribution in [0.1, 0.15) is 50.0 Å². The van der Waals surface area contributed by atoms with Crippen LogP contribution in [0.5, 0.6) is 0 Å². The maximum Gasteiger partial charge on any atom is 0.251 e. The van der Waals surface area contributed by atoms with E-state index in [0.29, 0.717) is 25.2 Å². The van der Waals surface area contributed by atoms with E-state index in [0.717, 1.165) is 24.5 Å². The van der Waals surface area contributed by atoms with Gasteiger partial charge in [-0.25, -0.2) is 4.99 Å². The van der Waals surface area contributed by atoms with Gasteiger partial charge in [-0.2, -0.15) is 0 Å². The molecular weight excluding hydrogens is 443 g/mol. The number of halogens is 1. The maximum atomic E-state index is 12.1. The van der Waals surface area contributed by atoms with E-state index >= 15 is 0 Å². The highest BCUT2D eigenvalue weighted by atomic mass is 127. The van der Waals surface area contributed by atoms with Gasteiger partial charge in [0.15, 0.2) is 5.96 Å². The Morgan fingerprint density at radius 3 is 2.54 bits per heavy atom. The number of nitrogens with one attached hydrogen (secondary N) is 3. The zero-order chi connectivity index (χ0) is 18.7. The molecule has 0 radical (unpaired) electrons. The highest BCUT2D eigenvalue weighted by Crippen LogP contribution is 2.07. The second-order valence-corrected chi connectivity index (χ2v) is 6.47. The smallest absolute Gasteiger partial charge is 0.251 e. The van der Waals surface area contributed by atoms with Crippen molar-refractivity contribution in [1.29, 1.82) is 0 Å². The molecule has 1 aromatic rings. The van der Waals surface area contributed by atoms with E-state index in [4.69, 9.17) is 4.74 Å². The first-order valence-corrected chi connectivity index (χ1v) is 8.86. The standard InChI is InChI=1S/C19H32N4O2.HI/c1-6-11-21-17(24)16-10-8-9-15(12-16)13-22-18(20-7-2)23-14-19(3,4)25-5;/h8-10,12H,6-7,11,13-14H2,1-5H3,(H,21,24)(H2,20,22,23);1H. The van der Waals surface area contributed by atoms with E-state index in [1.807, 2.05) is 52.0 Å². The van der Waals surface area contributed by atoms with E-state index in [1.54, 1.807) is 7.11 Å². The molecule has 26 heavy (non-hydrogen) atoms. The number of aliphatic imine (C=N–C) groups is 1. The van der Waals surface area contributed by atoms with Gasteiger partial charge in [-0.05, 0) is 44.9 Å². The third-order valence-electron chi connectivity index (χ3n) is 3.72. The predicted octanol–water partition coefficient (Wildman–Crippen LogP) is 2.92. The quantitative estimate of drug-likeness (QED) is 0.291. The van der Waals surface area contributed by atoms with Gasteiger partial charge in [0.25, 0.3) is 5.91 Å². The Morgan fingerprint density at radius 1 is 1.19 bits per heavy atom. The fraction of sp³-hybridized carbons (Fsp3) is 0.579. The third-order valence-corrected chi connectivity index (χ3v) is 3.72. The molecule has 0 bridgehead atoms. The minimum Gasteiger partial charge on any atom is -0.377 e. The summed E-state index contributed by atoms with van der Waals surface area (Å²) in [4.78, 5) is 16.6. The molecule has 0 heterocycles. The van der Waals surface area contributed by atoms with E-state index in [1.165, 1.54) is 0 Å². The van der Waals surface area contributed by atoms with E-state index in [9.17, 15) is 4.79 Å². The molecule has 1 rings (SSSR count). The zero-order valence-corrected chi connectivity index (χ0v) is 18.8. The van der Waals surface area contributed by atoms with Crippen molar-refractivity contribution < 1.29 is 9.53 Å². The molecular formula is C19H33IN4O2. The number of nitrogens with zero attached hydrogens (tertiary/aromatic N) is 1. The SMILES string of the molecule is CCCNC(=O)c1cccc(CN=C(NCC)NCC(C)(C)OC)c1.I. The second kappa shape index (κ2) is 12.9. The summed E-state index contributed by atoms with van der Waals surface area (Å²) in [6.07, 6.45) is 0.922. The average molecular weight is 476 g/mol. The van der Waals surface area contributed by atoms with Crippen molar-refractivity contribution in [3.8, 4) is 0 Å². The van der Waals surface area contributed by atoms with Gasteiger partial charge in [0.2, 0.25) is 0 Å². The maximum absolute atomic E-state index is 12.1. The molecule has 1 aromatic carbocycles. The minimum atomic E-state index is -0.270. The summed E-state index contributed by atoms with van der Waals surface area (Å²) in [6, 6.07) is 7.57. The molecule has 3 N–H and O–H groups in total. The molecule has 148 valence electrons. The lowest BCUT2D eigenvalue weighted by atomic mass is 10.1. The number of carbonyl (C=O) groups excluding carboxylic acids is 1. The number of amides is 1. The largest absolute Gasteiger partial charge is 0.377 e. The zero-order valence-electron chi connectivity index (χ0n) is 16.5. The summed E-state index contributed by atoms with van der Waals surface area (Å²) in [5.74, 6) is 0.688. The Kier molecular flexibility index (Phi) is 12.2. The fourth-order valence-electron chi connectivity index (χ4n) is 2.03. The number of carbonyl (C=O) groups is 1. The van der Waals surface area contributed by atoms with Crippen molar-refractivity contribution in [2.45, 2.75) is 46.3 Å². The third kappa shape index (κ3) is 9.38. The molecule has 1 amide bonds. The highest BCUT2D eigenvalue weighted by molar-refractivity contribution is 14.0. The average Bonchev–Trinajstić information content (AvgIpc) is 2.62. The van der Waals surface area contributed by atoms with Crippen LogP contribution >= 0.6 is 24.0 Å². The van der Waals surface area contributed by atoms with Crippen molar-refractivity contribution in [2.24, 2.45) is 4.99 Å². The lowest BCUT2D eigenvalue weighted by Crippen LogP contribution is -2.45. The van der Waals surface area contributed by atoms with Gasteiger partial charge in [0.05, 0.1) is 12.1 Å². The summed E-state index contributed by atoms with van der Waals surface area (Å²) >= 11 is 0. The van der Waals surface area contributed by atoms with Gasteiger partial charge < -0.3 is 20.7 Å². The van der Waals surface area contributed by atoms with Crippen molar-refractivity contribution in [2.75, 3.05) is 26.7 Å². The first kappa shape index (κ1) is 24.7. The Labute approximate surface area is 174 Å². The van der Waals surface area contributed by atoms with Crippen LogP contribution in [0, 0.1) is 0 Å². The molecule has 0 aromatic heterocycles. The van der Waals surface area contributed by atoms with Gasteiger partial charge in [-0.3, -0.25) is 4.79 Å². The van der Waals surface area contributed by atoms with Gasteiger partial charge in [-0.15, -0.1) is 24.0 Å². The summed E-state index contributed by atoms with van der Waals surface area (Å²) in [7, 11) is 1.70. The van der Waals surface area contributed by atoms with Gasteiger partial charge in [0, 0.05) is 32.3 Å². The summed E-state index contributed by atoms with van der Waals surface area (Å²) in [5.41, 5.74) is 1.39. The van der Waals surface area contributed by atoms with Crippen LogP contribution in [-0.2, 0) is 11.3 Å². The Morgan fingerprint density at radius 2 is 1.92 bits per heavy atom. The van der Waals surface area contributed by atoms with E-state index in [-0.39, 0.29) is 35.5 Å². The Balaban J connectivity index is 0.00000625. The molecule has 0 spiro atoms. The predicted molar refractivity (Wildman–Crippen MR) is 118 cm³/mol. The van der Waals surface area contributed by atoms with Crippen LogP contribution in [0.2, 0.25) is 0 Å². The van der Waals surface area contributed by atoms with Crippen LogP contribution in [0.3, 0.4) is 0 Å². The normalized spacial score (nSPS) is 11.5. The lowest BCUT2D eigenvalue weighted by Gasteiger charge is -2.24. The highest BCUT2D eigenvalue weighted by Gasteiger charge is 2.16. The van der Waals surface area contributed by atoms with Crippen molar-refractivity contribution in [3.63, 3.8) is 0 Å². The topological polar surface area (TPSA) is 74.8 Å². The lowest BCUT2D eigenvalue weighted by molar-refractivity contribution is 0.0268. The van der Waals surface area contributed by atoms with E-state index < -0.39 is 0 Å². The summed E-state index contributed by atoms with van der Waals surface area (Å²) < 4.78 is 5.41. The van der Waals surface area contributed by atoms with Crippen LogP contribution in [0.4, 0.5) is 0 Å². The number of guanidine groups is 1. The van der Waals surface area contributed by atoms with Crippen LogP contribution in [0.25, 0.3) is 0 Å². The molecule has 7 heteroatoms. The molecule has 6 nitrogen and oxygen atoms in total. The molecule has 0 unspecified atom stereocenters. The van der Waals surface area contributed by atoms with Crippen molar-refractivity contribution >= 4 is 35.8 Å². The summed E-state index contributed by atoms with van der Waals surface area (Å²) in [6.45, 7) is 10.7. The molecule has 0 aliphatic rings. The minimum absolute atomic E-state index is 0. The molecule has 0 saturated heterocycles. The first-order chi connectivity index (χ1) is 11.9. The van der Waals surface area contributed by atoms with Gasteiger partial charge >= 0.3 is 0 Å². The molecule has 0 aliphatic carbocycles. The number of hydrogen-bond acceptors (Lipinski definition) is 3. The van der Waals surface area contributed by atoms with Gasteiger partial charge in [-0.1, -0.05) is 19.1 Å². The molecule has 0 fully saturated rings. The second-order valence-electron chi connectivity index (χ2n) is 6.47. The number of benzene rings is 1. The Bertz CT molecular complexity index is 576. The summed E-state index contributed by atoms with van der Waals surface area (Å²) in [5, 5.41) is 9.39. The van der Waals surface area contributed by atoms with Crippen molar-refractivity contribution in [1.82, 2.24) is 16.0 Å². The Hall–Kier alpha value is -1.35.